The molecule has 1 unspecified atom stereocenters. The molecule has 0 saturated carbocycles. The van der Waals surface area contributed by atoms with Crippen molar-refractivity contribution in [3.8, 4) is 0 Å². The molecule has 0 bridgehead atoms. The standard InChI is InChI=1S/C12H13N3O3/c16-15(17)11-5-3-4-10-9(11)8-14(13-10)12-6-1-2-7-18-12/h3-5,8,12H,1-2,6-7H2. The molecule has 0 aliphatic carbocycles. The summed E-state index contributed by atoms with van der Waals surface area (Å²) in [5.41, 5.74) is 0.730. The molecule has 1 aromatic heterocycles. The zero-order valence-electron chi connectivity index (χ0n) is 9.78. The van der Waals surface area contributed by atoms with E-state index in [4.69, 9.17) is 4.74 Å². The van der Waals surface area contributed by atoms with Crippen molar-refractivity contribution < 1.29 is 9.66 Å². The molecule has 2 aromatic rings. The van der Waals surface area contributed by atoms with E-state index in [0.717, 1.165) is 25.9 Å². The first-order valence-electron chi connectivity index (χ1n) is 5.99. The zero-order chi connectivity index (χ0) is 12.5. The summed E-state index contributed by atoms with van der Waals surface area (Å²) >= 11 is 0. The Bertz CT molecular complexity index is 587. The summed E-state index contributed by atoms with van der Waals surface area (Å²) in [6.45, 7) is 0.725. The van der Waals surface area contributed by atoms with Crippen molar-refractivity contribution in [3.63, 3.8) is 0 Å². The van der Waals surface area contributed by atoms with Crippen LogP contribution in [-0.2, 0) is 4.74 Å². The first kappa shape index (κ1) is 11.2. The fourth-order valence-electron chi connectivity index (χ4n) is 2.29. The molecule has 1 atom stereocenters. The van der Waals surface area contributed by atoms with E-state index in [1.165, 1.54) is 6.07 Å². The van der Waals surface area contributed by atoms with E-state index in [0.29, 0.717) is 10.9 Å². The number of nitro groups is 1. The van der Waals surface area contributed by atoms with Crippen molar-refractivity contribution in [2.24, 2.45) is 0 Å². The quantitative estimate of drug-likeness (QED) is 0.604. The number of non-ortho nitro benzene ring substituents is 1. The van der Waals surface area contributed by atoms with Gasteiger partial charge in [-0.25, -0.2) is 4.68 Å². The van der Waals surface area contributed by atoms with Crippen molar-refractivity contribution in [1.29, 1.82) is 0 Å². The number of hydrogen-bond donors (Lipinski definition) is 0. The fourth-order valence-corrected chi connectivity index (χ4v) is 2.29. The molecule has 1 aliphatic heterocycles. The zero-order valence-corrected chi connectivity index (χ0v) is 9.78. The molecule has 6 nitrogen and oxygen atoms in total. The first-order chi connectivity index (χ1) is 8.75. The first-order valence-corrected chi connectivity index (χ1v) is 5.99. The maximum absolute atomic E-state index is 10.9. The molecule has 1 aromatic carbocycles. The summed E-state index contributed by atoms with van der Waals surface area (Å²) < 4.78 is 7.33. The molecule has 6 heteroatoms. The minimum atomic E-state index is -0.379. The van der Waals surface area contributed by atoms with Crippen LogP contribution in [-0.4, -0.2) is 21.3 Å². The molecule has 18 heavy (non-hydrogen) atoms. The van der Waals surface area contributed by atoms with Crippen LogP contribution in [0.15, 0.2) is 24.4 Å². The minimum absolute atomic E-state index is 0.0919. The Labute approximate surface area is 103 Å². The monoisotopic (exact) mass is 247 g/mol. The van der Waals surface area contributed by atoms with Gasteiger partial charge in [-0.1, -0.05) is 6.07 Å². The number of nitro benzene ring substituents is 1. The molecule has 1 saturated heterocycles. The van der Waals surface area contributed by atoms with Gasteiger partial charge in [0.2, 0.25) is 0 Å². The molecule has 1 aliphatic rings. The molecule has 2 heterocycles. The number of hydrogen-bond acceptors (Lipinski definition) is 4. The molecule has 0 radical (unpaired) electrons. The second-order valence-corrected chi connectivity index (χ2v) is 4.40. The number of rotatable bonds is 2. The van der Waals surface area contributed by atoms with Crippen LogP contribution in [0.25, 0.3) is 10.9 Å². The largest absolute Gasteiger partial charge is 0.357 e. The Balaban J connectivity index is 2.04. The highest BCUT2D eigenvalue weighted by Crippen LogP contribution is 2.28. The van der Waals surface area contributed by atoms with Gasteiger partial charge in [-0.3, -0.25) is 10.1 Å². The smallest absolute Gasteiger partial charge is 0.280 e. The minimum Gasteiger partial charge on any atom is -0.357 e. The van der Waals surface area contributed by atoms with Gasteiger partial charge in [-0.2, -0.15) is 5.10 Å². The van der Waals surface area contributed by atoms with Crippen LogP contribution in [0.4, 0.5) is 5.69 Å². The Hall–Kier alpha value is -1.95. The van der Waals surface area contributed by atoms with E-state index < -0.39 is 0 Å². The van der Waals surface area contributed by atoms with Crippen molar-refractivity contribution in [2.75, 3.05) is 6.61 Å². The van der Waals surface area contributed by atoms with Crippen LogP contribution < -0.4 is 0 Å². The highest BCUT2D eigenvalue weighted by molar-refractivity contribution is 5.87. The third kappa shape index (κ3) is 1.84. The van der Waals surface area contributed by atoms with Gasteiger partial charge in [-0.15, -0.1) is 0 Å². The van der Waals surface area contributed by atoms with Crippen molar-refractivity contribution >= 4 is 16.6 Å². The van der Waals surface area contributed by atoms with Crippen molar-refractivity contribution in [3.05, 3.63) is 34.5 Å². The predicted molar refractivity (Wildman–Crippen MR) is 65.2 cm³/mol. The Kier molecular flexibility index (Phi) is 2.71. The van der Waals surface area contributed by atoms with Gasteiger partial charge < -0.3 is 4.74 Å². The number of aromatic nitrogens is 2. The van der Waals surface area contributed by atoms with Crippen molar-refractivity contribution in [1.82, 2.24) is 9.78 Å². The highest BCUT2D eigenvalue weighted by Gasteiger charge is 2.20. The van der Waals surface area contributed by atoms with E-state index in [9.17, 15) is 10.1 Å². The summed E-state index contributed by atoms with van der Waals surface area (Å²) in [7, 11) is 0. The third-order valence-electron chi connectivity index (χ3n) is 3.19. The van der Waals surface area contributed by atoms with Gasteiger partial charge >= 0.3 is 0 Å². The molecule has 1 fully saturated rings. The topological polar surface area (TPSA) is 70.2 Å². The maximum Gasteiger partial charge on any atom is 0.280 e. The van der Waals surface area contributed by atoms with Crippen LogP contribution in [0.1, 0.15) is 25.5 Å². The van der Waals surface area contributed by atoms with E-state index in [-0.39, 0.29) is 16.8 Å². The average molecular weight is 247 g/mol. The van der Waals surface area contributed by atoms with Crippen LogP contribution in [0.2, 0.25) is 0 Å². The molecule has 94 valence electrons. The number of nitrogens with zero attached hydrogens (tertiary/aromatic N) is 3. The predicted octanol–water partition coefficient (Wildman–Crippen LogP) is 2.64. The van der Waals surface area contributed by atoms with Gasteiger partial charge in [0.05, 0.1) is 15.8 Å². The van der Waals surface area contributed by atoms with E-state index in [1.807, 2.05) is 0 Å². The Morgan fingerprint density at radius 3 is 3.06 bits per heavy atom. The fraction of sp³-hybridized carbons (Fsp3) is 0.417. The van der Waals surface area contributed by atoms with Gasteiger partial charge in [0, 0.05) is 18.9 Å². The summed E-state index contributed by atoms with van der Waals surface area (Å²) in [5.74, 6) is 0. The lowest BCUT2D eigenvalue weighted by atomic mass is 10.2. The summed E-state index contributed by atoms with van der Waals surface area (Å²) in [6.07, 6.45) is 4.69. The second kappa shape index (κ2) is 4.38. The molecule has 0 N–H and O–H groups in total. The van der Waals surface area contributed by atoms with Crippen LogP contribution in [0, 0.1) is 10.1 Å². The van der Waals surface area contributed by atoms with E-state index >= 15 is 0 Å². The van der Waals surface area contributed by atoms with E-state index in [2.05, 4.69) is 5.10 Å². The maximum atomic E-state index is 10.9. The van der Waals surface area contributed by atoms with Crippen molar-refractivity contribution in [2.45, 2.75) is 25.5 Å². The number of ether oxygens (including phenoxy) is 1. The van der Waals surface area contributed by atoms with Gasteiger partial charge in [0.15, 0.2) is 0 Å². The number of benzene rings is 1. The lowest BCUT2D eigenvalue weighted by molar-refractivity contribution is -0.383. The lowest BCUT2D eigenvalue weighted by Crippen LogP contribution is -2.18. The van der Waals surface area contributed by atoms with Crippen LogP contribution in [0.3, 0.4) is 0 Å². The van der Waals surface area contributed by atoms with Crippen LogP contribution >= 0.6 is 0 Å². The van der Waals surface area contributed by atoms with Gasteiger partial charge in [0.25, 0.3) is 5.69 Å². The lowest BCUT2D eigenvalue weighted by Gasteiger charge is -2.22. The van der Waals surface area contributed by atoms with E-state index in [1.54, 1.807) is 23.0 Å². The molecule has 0 amide bonds. The molecular formula is C12H13N3O3. The highest BCUT2D eigenvalue weighted by atomic mass is 16.6. The third-order valence-corrected chi connectivity index (χ3v) is 3.19. The Morgan fingerprint density at radius 1 is 1.44 bits per heavy atom. The van der Waals surface area contributed by atoms with Crippen LogP contribution in [0.5, 0.6) is 0 Å². The summed E-state index contributed by atoms with van der Waals surface area (Å²) in [4.78, 5) is 10.6. The molecule has 0 spiro atoms. The summed E-state index contributed by atoms with van der Waals surface area (Å²) in [5, 5.41) is 15.9. The number of fused-ring (bicyclic) bond motifs is 1. The second-order valence-electron chi connectivity index (χ2n) is 4.40. The Morgan fingerprint density at radius 2 is 2.33 bits per heavy atom. The molecule has 3 rings (SSSR count). The SMILES string of the molecule is O=[N+]([O-])c1cccc2nn(C3CCCCO3)cc12. The van der Waals surface area contributed by atoms with Gasteiger partial charge in [-0.05, 0) is 25.3 Å². The summed E-state index contributed by atoms with van der Waals surface area (Å²) in [6, 6.07) is 4.93. The average Bonchev–Trinajstić information content (AvgIpc) is 2.83. The van der Waals surface area contributed by atoms with Gasteiger partial charge in [0.1, 0.15) is 6.23 Å². The normalized spacial score (nSPS) is 20.1. The molecular weight excluding hydrogens is 234 g/mol.